The van der Waals surface area contributed by atoms with Gasteiger partial charge < -0.3 is 20.7 Å². The molecule has 0 aromatic carbocycles. The summed E-state index contributed by atoms with van der Waals surface area (Å²) in [5.74, 6) is 2.74. The number of nitrogens with one attached hydrogen (secondary N) is 1. The Hall–Kier alpha value is -2.15. The smallest absolute Gasteiger partial charge is 0.222 e. The predicted molar refractivity (Wildman–Crippen MR) is 80.2 cm³/mol. The summed E-state index contributed by atoms with van der Waals surface area (Å²) in [5.41, 5.74) is 7.52. The zero-order chi connectivity index (χ0) is 15.1. The zero-order valence-electron chi connectivity index (χ0n) is 12.2. The van der Waals surface area contributed by atoms with E-state index in [9.17, 15) is 5.11 Å². The highest BCUT2D eigenvalue weighted by Gasteiger charge is 2.30. The predicted octanol–water partition coefficient (Wildman–Crippen LogP) is 1.77. The largest absolute Gasteiger partial charge is 0.393 e. The lowest BCUT2D eigenvalue weighted by molar-refractivity contribution is 0.0732. The van der Waals surface area contributed by atoms with Gasteiger partial charge in [0.2, 0.25) is 5.95 Å². The van der Waals surface area contributed by atoms with Gasteiger partial charge in [-0.05, 0) is 25.7 Å². The highest BCUT2D eigenvalue weighted by molar-refractivity contribution is 5.42. The summed E-state index contributed by atoms with van der Waals surface area (Å²) < 4.78 is 5.33. The van der Waals surface area contributed by atoms with Crippen molar-refractivity contribution in [3.05, 3.63) is 29.3 Å². The molecule has 2 aliphatic carbocycles. The summed E-state index contributed by atoms with van der Waals surface area (Å²) in [6, 6.07) is 3.90. The summed E-state index contributed by atoms with van der Waals surface area (Å²) in [4.78, 5) is 8.46. The summed E-state index contributed by atoms with van der Waals surface area (Å²) >= 11 is 0. The van der Waals surface area contributed by atoms with Gasteiger partial charge in [0.05, 0.1) is 18.3 Å². The van der Waals surface area contributed by atoms with Gasteiger partial charge in [-0.3, -0.25) is 0 Å². The van der Waals surface area contributed by atoms with Crippen molar-refractivity contribution in [2.75, 3.05) is 11.1 Å². The molecule has 7 nitrogen and oxygen atoms in total. The molecule has 22 heavy (non-hydrogen) atoms. The normalized spacial score (nSPS) is 24.0. The van der Waals surface area contributed by atoms with Crippen LogP contribution in [0.2, 0.25) is 0 Å². The van der Waals surface area contributed by atoms with Gasteiger partial charge in [-0.25, -0.2) is 4.98 Å². The van der Waals surface area contributed by atoms with E-state index in [1.165, 1.54) is 12.8 Å². The van der Waals surface area contributed by atoms with Crippen LogP contribution in [0.5, 0.6) is 0 Å². The monoisotopic (exact) mass is 301 g/mol. The van der Waals surface area contributed by atoms with Crippen LogP contribution in [-0.2, 0) is 6.54 Å². The van der Waals surface area contributed by atoms with Crippen molar-refractivity contribution in [2.24, 2.45) is 0 Å². The summed E-state index contributed by atoms with van der Waals surface area (Å²) in [6.07, 6.45) is 3.66. The fourth-order valence-corrected chi connectivity index (χ4v) is 2.77. The third-order valence-electron chi connectivity index (χ3n) is 4.30. The van der Waals surface area contributed by atoms with Gasteiger partial charge in [0.25, 0.3) is 0 Å². The van der Waals surface area contributed by atoms with Crippen LogP contribution in [0.1, 0.15) is 54.7 Å². The highest BCUT2D eigenvalue weighted by Crippen LogP contribution is 2.40. The van der Waals surface area contributed by atoms with Crippen LogP contribution in [0.25, 0.3) is 0 Å². The first-order chi connectivity index (χ1) is 10.7. The van der Waals surface area contributed by atoms with E-state index in [1.54, 1.807) is 0 Å². The highest BCUT2D eigenvalue weighted by atomic mass is 16.5. The molecular formula is C15H19N5O2. The summed E-state index contributed by atoms with van der Waals surface area (Å²) in [7, 11) is 0. The zero-order valence-corrected chi connectivity index (χ0v) is 12.2. The first kappa shape index (κ1) is 13.5. The number of nitrogen functional groups attached to an aromatic ring is 1. The molecule has 0 aliphatic heterocycles. The van der Waals surface area contributed by atoms with Crippen molar-refractivity contribution in [3.8, 4) is 0 Å². The molecular weight excluding hydrogens is 282 g/mol. The SMILES string of the molecule is Nc1nc(NCc2cc(C3CC3)on2)cc(C2CC(O)C2)n1. The Labute approximate surface area is 127 Å². The van der Waals surface area contributed by atoms with Crippen molar-refractivity contribution < 1.29 is 9.63 Å². The van der Waals surface area contributed by atoms with E-state index in [0.717, 1.165) is 30.0 Å². The molecule has 4 N–H and O–H groups in total. The number of nitrogens with two attached hydrogens (primary N) is 1. The maximum Gasteiger partial charge on any atom is 0.222 e. The second-order valence-electron chi connectivity index (χ2n) is 6.21. The molecule has 0 amide bonds. The van der Waals surface area contributed by atoms with Crippen LogP contribution in [0.3, 0.4) is 0 Å². The Morgan fingerprint density at radius 2 is 2.05 bits per heavy atom. The molecule has 116 valence electrons. The molecule has 0 spiro atoms. The number of anilines is 2. The average molecular weight is 301 g/mol. The molecule has 0 atom stereocenters. The topological polar surface area (TPSA) is 110 Å². The number of aliphatic hydroxyl groups excluding tert-OH is 1. The van der Waals surface area contributed by atoms with Gasteiger partial charge in [-0.15, -0.1) is 0 Å². The fourth-order valence-electron chi connectivity index (χ4n) is 2.77. The lowest BCUT2D eigenvalue weighted by atomic mass is 9.80. The third-order valence-corrected chi connectivity index (χ3v) is 4.30. The number of nitrogens with zero attached hydrogens (tertiary/aromatic N) is 3. The number of hydrogen-bond acceptors (Lipinski definition) is 7. The lowest BCUT2D eigenvalue weighted by Crippen LogP contribution is -2.27. The maximum absolute atomic E-state index is 9.41. The van der Waals surface area contributed by atoms with E-state index in [0.29, 0.717) is 18.3 Å². The van der Waals surface area contributed by atoms with Crippen molar-refractivity contribution >= 4 is 11.8 Å². The van der Waals surface area contributed by atoms with Crippen LogP contribution >= 0.6 is 0 Å². The van der Waals surface area contributed by atoms with Gasteiger partial charge >= 0.3 is 0 Å². The molecule has 2 saturated carbocycles. The number of rotatable bonds is 5. The fraction of sp³-hybridized carbons (Fsp3) is 0.533. The molecule has 0 bridgehead atoms. The van der Waals surface area contributed by atoms with Crippen LogP contribution in [0, 0.1) is 0 Å². The maximum atomic E-state index is 9.41. The Morgan fingerprint density at radius 1 is 1.23 bits per heavy atom. The lowest BCUT2D eigenvalue weighted by Gasteiger charge is -2.30. The van der Waals surface area contributed by atoms with Gasteiger partial charge in [-0.2, -0.15) is 4.98 Å². The summed E-state index contributed by atoms with van der Waals surface area (Å²) in [6.45, 7) is 0.541. The molecule has 2 aromatic heterocycles. The van der Waals surface area contributed by atoms with Crippen molar-refractivity contribution in [1.82, 2.24) is 15.1 Å². The van der Waals surface area contributed by atoms with Gasteiger partial charge in [0.15, 0.2) is 0 Å². The standard InChI is InChI=1S/C15H19N5O2/c16-15-18-12(9-3-11(21)4-9)6-14(19-15)17-7-10-5-13(22-20-10)8-1-2-8/h5-6,8-9,11,21H,1-4,7H2,(H3,16,17,18,19). The Kier molecular flexibility index (Phi) is 3.22. The Morgan fingerprint density at radius 3 is 2.77 bits per heavy atom. The van der Waals surface area contributed by atoms with E-state index >= 15 is 0 Å². The first-order valence-electron chi connectivity index (χ1n) is 7.69. The Bertz CT molecular complexity index is 676. The minimum Gasteiger partial charge on any atom is -0.393 e. The second kappa shape index (κ2) is 5.24. The molecule has 7 heteroatoms. The molecule has 2 aliphatic rings. The van der Waals surface area contributed by atoms with E-state index < -0.39 is 0 Å². The molecule has 2 fully saturated rings. The van der Waals surface area contributed by atoms with Gasteiger partial charge in [0.1, 0.15) is 17.3 Å². The molecule has 0 unspecified atom stereocenters. The van der Waals surface area contributed by atoms with E-state index in [-0.39, 0.29) is 18.0 Å². The van der Waals surface area contributed by atoms with E-state index in [4.69, 9.17) is 10.3 Å². The van der Waals surface area contributed by atoms with Crippen molar-refractivity contribution in [2.45, 2.75) is 50.2 Å². The second-order valence-corrected chi connectivity index (χ2v) is 6.21. The number of hydrogen-bond donors (Lipinski definition) is 3. The van der Waals surface area contributed by atoms with Crippen LogP contribution in [0.4, 0.5) is 11.8 Å². The number of aromatic nitrogens is 3. The molecule has 0 saturated heterocycles. The van der Waals surface area contributed by atoms with Crippen LogP contribution < -0.4 is 11.1 Å². The Balaban J connectivity index is 1.42. The van der Waals surface area contributed by atoms with Crippen molar-refractivity contribution in [1.29, 1.82) is 0 Å². The average Bonchev–Trinajstić information content (AvgIpc) is 3.20. The molecule has 2 heterocycles. The summed E-state index contributed by atoms with van der Waals surface area (Å²) in [5, 5.41) is 16.7. The minimum atomic E-state index is -0.214. The van der Waals surface area contributed by atoms with Gasteiger partial charge in [-0.1, -0.05) is 5.16 Å². The third kappa shape index (κ3) is 2.76. The molecule has 0 radical (unpaired) electrons. The van der Waals surface area contributed by atoms with Crippen LogP contribution in [0.15, 0.2) is 16.7 Å². The minimum absolute atomic E-state index is 0.214. The van der Waals surface area contributed by atoms with E-state index in [2.05, 4.69) is 20.4 Å². The van der Waals surface area contributed by atoms with Crippen molar-refractivity contribution in [3.63, 3.8) is 0 Å². The van der Waals surface area contributed by atoms with Crippen LogP contribution in [-0.4, -0.2) is 26.3 Å². The number of aliphatic hydroxyl groups is 1. The van der Waals surface area contributed by atoms with E-state index in [1.807, 2.05) is 12.1 Å². The first-order valence-corrected chi connectivity index (χ1v) is 7.69. The molecule has 4 rings (SSSR count). The van der Waals surface area contributed by atoms with Gasteiger partial charge in [0, 0.05) is 24.0 Å². The quantitative estimate of drug-likeness (QED) is 0.772. The molecule has 2 aromatic rings.